The Balaban J connectivity index is 2.00. The van der Waals surface area contributed by atoms with Crippen molar-refractivity contribution in [1.29, 1.82) is 0 Å². The van der Waals surface area contributed by atoms with Gasteiger partial charge in [0.1, 0.15) is 6.04 Å². The average molecular weight is 245 g/mol. The number of rotatable bonds is 3. The maximum atomic E-state index is 11.7. The molecule has 0 radical (unpaired) electrons. The molecule has 5 nitrogen and oxygen atoms in total. The zero-order valence-corrected chi connectivity index (χ0v) is 9.74. The van der Waals surface area contributed by atoms with Crippen LogP contribution >= 0.6 is 11.8 Å². The number of aliphatic carboxylic acids is 1. The number of hydrogen-bond donors (Lipinski definition) is 1. The van der Waals surface area contributed by atoms with Gasteiger partial charge >= 0.3 is 5.97 Å². The summed E-state index contributed by atoms with van der Waals surface area (Å²) >= 11 is 1.39. The molecule has 0 spiro atoms. The topological polar surface area (TPSA) is 66.8 Å². The van der Waals surface area contributed by atoms with Crippen LogP contribution in [0.25, 0.3) is 0 Å². The average Bonchev–Trinajstić information content (AvgIpc) is 2.73. The van der Waals surface area contributed by atoms with Gasteiger partial charge in [-0.15, -0.1) is 11.8 Å². The van der Waals surface area contributed by atoms with Crippen LogP contribution in [0, 0.1) is 0 Å². The van der Waals surface area contributed by atoms with Gasteiger partial charge in [-0.25, -0.2) is 4.79 Å². The van der Waals surface area contributed by atoms with E-state index >= 15 is 0 Å². The van der Waals surface area contributed by atoms with Crippen molar-refractivity contribution in [2.24, 2.45) is 0 Å². The minimum atomic E-state index is -0.918. The molecule has 0 saturated carbocycles. The summed E-state index contributed by atoms with van der Waals surface area (Å²) in [5, 5.41) is 9.05. The Hall–Kier alpha value is -0.750. The Morgan fingerprint density at radius 1 is 1.62 bits per heavy atom. The van der Waals surface area contributed by atoms with Crippen LogP contribution < -0.4 is 0 Å². The molecule has 2 unspecified atom stereocenters. The highest BCUT2D eigenvalue weighted by atomic mass is 32.2. The number of carbonyl (C=O) groups is 2. The van der Waals surface area contributed by atoms with Gasteiger partial charge in [0.2, 0.25) is 5.91 Å². The van der Waals surface area contributed by atoms with E-state index in [0.29, 0.717) is 18.1 Å². The molecule has 16 heavy (non-hydrogen) atoms. The summed E-state index contributed by atoms with van der Waals surface area (Å²) in [6.07, 6.45) is 1.94. The molecule has 2 aliphatic heterocycles. The summed E-state index contributed by atoms with van der Waals surface area (Å²) in [6, 6.07) is -0.685. The molecule has 0 aliphatic carbocycles. The van der Waals surface area contributed by atoms with Crippen molar-refractivity contribution in [2.45, 2.75) is 25.0 Å². The van der Waals surface area contributed by atoms with Gasteiger partial charge in [-0.1, -0.05) is 0 Å². The summed E-state index contributed by atoms with van der Waals surface area (Å²) in [4.78, 5) is 24.2. The quantitative estimate of drug-likeness (QED) is 0.769. The summed E-state index contributed by atoms with van der Waals surface area (Å²) in [7, 11) is 0. The van der Waals surface area contributed by atoms with Gasteiger partial charge in [0, 0.05) is 18.9 Å². The molecule has 0 aromatic heterocycles. The lowest BCUT2D eigenvalue weighted by molar-refractivity contribution is -0.149. The van der Waals surface area contributed by atoms with Gasteiger partial charge in [0.05, 0.1) is 11.9 Å². The summed E-state index contributed by atoms with van der Waals surface area (Å²) in [6.45, 7) is 1.15. The lowest BCUT2D eigenvalue weighted by Crippen LogP contribution is -2.53. The Morgan fingerprint density at radius 2 is 2.44 bits per heavy atom. The van der Waals surface area contributed by atoms with Crippen molar-refractivity contribution >= 4 is 23.6 Å². The van der Waals surface area contributed by atoms with Crippen LogP contribution in [-0.2, 0) is 14.3 Å². The second-order valence-corrected chi connectivity index (χ2v) is 5.08. The second kappa shape index (κ2) is 5.05. The zero-order valence-electron chi connectivity index (χ0n) is 8.92. The van der Waals surface area contributed by atoms with Gasteiger partial charge in [0.15, 0.2) is 0 Å². The molecule has 0 aromatic carbocycles. The van der Waals surface area contributed by atoms with Crippen molar-refractivity contribution in [3.63, 3.8) is 0 Å². The van der Waals surface area contributed by atoms with E-state index in [1.807, 2.05) is 0 Å². The van der Waals surface area contributed by atoms with Crippen LogP contribution in [0.3, 0.4) is 0 Å². The third kappa shape index (κ3) is 2.49. The van der Waals surface area contributed by atoms with Gasteiger partial charge in [-0.2, -0.15) is 0 Å². The van der Waals surface area contributed by atoms with E-state index in [4.69, 9.17) is 9.84 Å². The van der Waals surface area contributed by atoms with Crippen molar-refractivity contribution in [1.82, 2.24) is 4.90 Å². The largest absolute Gasteiger partial charge is 0.480 e. The van der Waals surface area contributed by atoms with Gasteiger partial charge < -0.3 is 14.7 Å². The number of ether oxygens (including phenoxy) is 1. The highest BCUT2D eigenvalue weighted by Crippen LogP contribution is 2.21. The molecule has 2 saturated heterocycles. The van der Waals surface area contributed by atoms with E-state index in [1.165, 1.54) is 16.7 Å². The number of thioether (sulfide) groups is 1. The van der Waals surface area contributed by atoms with Crippen molar-refractivity contribution in [3.8, 4) is 0 Å². The number of nitrogens with zero attached hydrogens (tertiary/aromatic N) is 1. The molecule has 2 fully saturated rings. The van der Waals surface area contributed by atoms with Crippen LogP contribution in [0.2, 0.25) is 0 Å². The molecule has 90 valence electrons. The van der Waals surface area contributed by atoms with Gasteiger partial charge in [-0.3, -0.25) is 4.79 Å². The fraction of sp³-hybridized carbons (Fsp3) is 0.800. The molecule has 1 N–H and O–H groups in total. The van der Waals surface area contributed by atoms with E-state index < -0.39 is 12.0 Å². The molecule has 2 rings (SSSR count). The standard InChI is InChI=1S/C10H15NO4S/c12-9-6-16-5-8(10(13)14)11(9)4-7-2-1-3-15-7/h7-8H,1-6H2,(H,13,14). The Morgan fingerprint density at radius 3 is 3.06 bits per heavy atom. The lowest BCUT2D eigenvalue weighted by Gasteiger charge is -2.34. The Bertz CT molecular complexity index is 291. The first-order valence-corrected chi connectivity index (χ1v) is 6.55. The minimum Gasteiger partial charge on any atom is -0.480 e. The number of carboxylic acids is 1. The van der Waals surface area contributed by atoms with Gasteiger partial charge in [-0.05, 0) is 12.8 Å². The molecule has 6 heteroatoms. The molecular formula is C10H15NO4S. The number of carbonyl (C=O) groups excluding carboxylic acids is 1. The van der Waals surface area contributed by atoms with E-state index in [1.54, 1.807) is 0 Å². The van der Waals surface area contributed by atoms with Crippen molar-refractivity contribution < 1.29 is 19.4 Å². The van der Waals surface area contributed by atoms with E-state index in [0.717, 1.165) is 19.4 Å². The third-order valence-corrected chi connectivity index (χ3v) is 3.91. The van der Waals surface area contributed by atoms with Gasteiger partial charge in [0.25, 0.3) is 0 Å². The van der Waals surface area contributed by atoms with Crippen LogP contribution in [0.4, 0.5) is 0 Å². The predicted octanol–water partition coefficient (Wildman–Crippen LogP) is 0.194. The fourth-order valence-electron chi connectivity index (χ4n) is 2.05. The first kappa shape index (κ1) is 11.7. The maximum Gasteiger partial charge on any atom is 0.327 e. The highest BCUT2D eigenvalue weighted by Gasteiger charge is 2.35. The van der Waals surface area contributed by atoms with Crippen LogP contribution in [0.5, 0.6) is 0 Å². The lowest BCUT2D eigenvalue weighted by atomic mass is 10.2. The Kier molecular flexibility index (Phi) is 3.70. The predicted molar refractivity (Wildman–Crippen MR) is 59.4 cm³/mol. The molecule has 2 heterocycles. The highest BCUT2D eigenvalue weighted by molar-refractivity contribution is 8.00. The SMILES string of the molecule is O=C(O)C1CSCC(=O)N1CC1CCCO1. The fourth-order valence-corrected chi connectivity index (χ4v) is 3.05. The Labute approximate surface area is 98.1 Å². The zero-order chi connectivity index (χ0) is 11.5. The molecule has 1 amide bonds. The van der Waals surface area contributed by atoms with E-state index in [2.05, 4.69) is 0 Å². The summed E-state index contributed by atoms with van der Waals surface area (Å²) in [5.74, 6) is -0.137. The molecule has 2 atom stereocenters. The first-order valence-electron chi connectivity index (χ1n) is 5.40. The van der Waals surface area contributed by atoms with Crippen LogP contribution in [-0.4, -0.2) is 58.7 Å². The second-order valence-electron chi connectivity index (χ2n) is 4.05. The first-order chi connectivity index (χ1) is 7.68. The number of hydrogen-bond acceptors (Lipinski definition) is 4. The summed E-state index contributed by atoms with van der Waals surface area (Å²) in [5.41, 5.74) is 0. The smallest absolute Gasteiger partial charge is 0.327 e. The van der Waals surface area contributed by atoms with E-state index in [9.17, 15) is 9.59 Å². The maximum absolute atomic E-state index is 11.7. The summed E-state index contributed by atoms with van der Waals surface area (Å²) < 4.78 is 5.44. The molecule has 0 aromatic rings. The van der Waals surface area contributed by atoms with E-state index in [-0.39, 0.29) is 12.0 Å². The number of amides is 1. The van der Waals surface area contributed by atoms with Crippen LogP contribution in [0.15, 0.2) is 0 Å². The monoisotopic (exact) mass is 245 g/mol. The van der Waals surface area contributed by atoms with Crippen molar-refractivity contribution in [2.75, 3.05) is 24.7 Å². The normalized spacial score (nSPS) is 30.8. The van der Waals surface area contributed by atoms with Crippen LogP contribution in [0.1, 0.15) is 12.8 Å². The molecule has 2 aliphatic rings. The molecular weight excluding hydrogens is 230 g/mol. The molecule has 0 bridgehead atoms. The van der Waals surface area contributed by atoms with Crippen molar-refractivity contribution in [3.05, 3.63) is 0 Å². The minimum absolute atomic E-state index is 0.0221. The number of carboxylic acid groups (broad SMARTS) is 1. The third-order valence-electron chi connectivity index (χ3n) is 2.91.